The summed E-state index contributed by atoms with van der Waals surface area (Å²) in [7, 11) is 1.49. The standard InChI is InChI=1S/C10H18O6/c1-9(2)14-6-7(15-9)10(4-11,5-12)16-8(6)13-3/h6-8,11-12H,4-5H2,1-3H3/t6-,7?,8+/m0/s1. The summed E-state index contributed by atoms with van der Waals surface area (Å²) < 4.78 is 21.9. The minimum atomic E-state index is -1.15. The summed E-state index contributed by atoms with van der Waals surface area (Å²) in [4.78, 5) is 0. The zero-order chi connectivity index (χ0) is 12.0. The lowest BCUT2D eigenvalue weighted by Gasteiger charge is -2.31. The maximum atomic E-state index is 9.37. The number of rotatable bonds is 3. The van der Waals surface area contributed by atoms with Gasteiger partial charge >= 0.3 is 0 Å². The molecule has 2 saturated heterocycles. The van der Waals surface area contributed by atoms with Gasteiger partial charge in [0.2, 0.25) is 0 Å². The number of aliphatic hydroxyl groups excluding tert-OH is 2. The van der Waals surface area contributed by atoms with Crippen LogP contribution in [-0.2, 0) is 18.9 Å². The summed E-state index contributed by atoms with van der Waals surface area (Å²) in [6, 6.07) is 0. The van der Waals surface area contributed by atoms with Crippen molar-refractivity contribution in [3.05, 3.63) is 0 Å². The summed E-state index contributed by atoms with van der Waals surface area (Å²) in [6.45, 7) is 2.86. The van der Waals surface area contributed by atoms with Gasteiger partial charge in [-0.1, -0.05) is 0 Å². The zero-order valence-corrected chi connectivity index (χ0v) is 9.67. The van der Waals surface area contributed by atoms with E-state index < -0.39 is 29.9 Å². The van der Waals surface area contributed by atoms with E-state index in [0.29, 0.717) is 0 Å². The van der Waals surface area contributed by atoms with E-state index in [0.717, 1.165) is 0 Å². The maximum Gasteiger partial charge on any atom is 0.187 e. The zero-order valence-electron chi connectivity index (χ0n) is 9.67. The lowest BCUT2D eigenvalue weighted by atomic mass is 9.97. The van der Waals surface area contributed by atoms with Crippen molar-refractivity contribution in [2.24, 2.45) is 0 Å². The SMILES string of the molecule is CO[C@@H]1OC(CO)(CO)C2OC(C)(C)O[C@@H]21. The highest BCUT2D eigenvalue weighted by Crippen LogP contribution is 2.43. The average Bonchev–Trinajstić information content (AvgIpc) is 2.70. The molecule has 0 aromatic heterocycles. The molecule has 1 unspecified atom stereocenters. The van der Waals surface area contributed by atoms with E-state index in [1.54, 1.807) is 13.8 Å². The fraction of sp³-hybridized carbons (Fsp3) is 1.00. The van der Waals surface area contributed by atoms with E-state index in [-0.39, 0.29) is 13.2 Å². The van der Waals surface area contributed by atoms with Crippen molar-refractivity contribution in [3.8, 4) is 0 Å². The van der Waals surface area contributed by atoms with E-state index >= 15 is 0 Å². The number of aliphatic hydroxyl groups is 2. The molecule has 0 aliphatic carbocycles. The van der Waals surface area contributed by atoms with Gasteiger partial charge in [-0.3, -0.25) is 0 Å². The van der Waals surface area contributed by atoms with Crippen molar-refractivity contribution in [3.63, 3.8) is 0 Å². The van der Waals surface area contributed by atoms with Gasteiger partial charge in [0, 0.05) is 7.11 Å². The highest BCUT2D eigenvalue weighted by Gasteiger charge is 2.62. The van der Waals surface area contributed by atoms with Crippen molar-refractivity contribution in [2.75, 3.05) is 20.3 Å². The third-order valence-corrected chi connectivity index (χ3v) is 3.03. The van der Waals surface area contributed by atoms with Crippen LogP contribution in [0.2, 0.25) is 0 Å². The second-order valence-corrected chi connectivity index (χ2v) is 4.62. The van der Waals surface area contributed by atoms with E-state index in [2.05, 4.69) is 0 Å². The van der Waals surface area contributed by atoms with Gasteiger partial charge < -0.3 is 29.2 Å². The Labute approximate surface area is 94.1 Å². The van der Waals surface area contributed by atoms with Gasteiger partial charge in [-0.15, -0.1) is 0 Å². The van der Waals surface area contributed by atoms with Gasteiger partial charge in [-0.25, -0.2) is 0 Å². The van der Waals surface area contributed by atoms with E-state index in [1.165, 1.54) is 7.11 Å². The quantitative estimate of drug-likeness (QED) is 0.668. The van der Waals surface area contributed by atoms with Crippen LogP contribution in [0.15, 0.2) is 0 Å². The van der Waals surface area contributed by atoms with E-state index in [4.69, 9.17) is 18.9 Å². The summed E-state index contributed by atoms with van der Waals surface area (Å²) >= 11 is 0. The van der Waals surface area contributed by atoms with Crippen molar-refractivity contribution >= 4 is 0 Å². The third kappa shape index (κ3) is 1.66. The Morgan fingerprint density at radius 2 is 1.75 bits per heavy atom. The molecule has 2 N–H and O–H groups in total. The number of fused-ring (bicyclic) bond motifs is 1. The van der Waals surface area contributed by atoms with Gasteiger partial charge in [-0.2, -0.15) is 0 Å². The van der Waals surface area contributed by atoms with Crippen LogP contribution in [0.25, 0.3) is 0 Å². The predicted molar refractivity (Wildman–Crippen MR) is 52.6 cm³/mol. The highest BCUT2D eigenvalue weighted by molar-refractivity contribution is 5.04. The molecular formula is C10H18O6. The molecule has 0 spiro atoms. The largest absolute Gasteiger partial charge is 0.393 e. The number of ether oxygens (including phenoxy) is 4. The van der Waals surface area contributed by atoms with Gasteiger partial charge in [0.05, 0.1) is 13.2 Å². The molecule has 16 heavy (non-hydrogen) atoms. The molecule has 94 valence electrons. The Bertz CT molecular complexity index is 262. The minimum Gasteiger partial charge on any atom is -0.393 e. The molecule has 0 aromatic rings. The first-order valence-corrected chi connectivity index (χ1v) is 5.26. The third-order valence-electron chi connectivity index (χ3n) is 3.03. The molecule has 0 amide bonds. The number of methoxy groups -OCH3 is 1. The second kappa shape index (κ2) is 3.90. The summed E-state index contributed by atoms with van der Waals surface area (Å²) in [5.74, 6) is -0.758. The molecule has 6 nitrogen and oxygen atoms in total. The Morgan fingerprint density at radius 1 is 1.12 bits per heavy atom. The van der Waals surface area contributed by atoms with Gasteiger partial charge in [0.15, 0.2) is 12.1 Å². The highest BCUT2D eigenvalue weighted by atomic mass is 16.8. The molecule has 2 aliphatic rings. The summed E-state index contributed by atoms with van der Waals surface area (Å²) in [5, 5.41) is 18.7. The van der Waals surface area contributed by atoms with Crippen LogP contribution in [-0.4, -0.2) is 60.4 Å². The first kappa shape index (κ1) is 12.2. The van der Waals surface area contributed by atoms with Crippen LogP contribution in [0, 0.1) is 0 Å². The Morgan fingerprint density at radius 3 is 2.25 bits per heavy atom. The molecule has 2 aliphatic heterocycles. The first-order valence-electron chi connectivity index (χ1n) is 5.26. The van der Waals surface area contributed by atoms with Crippen molar-refractivity contribution in [2.45, 2.75) is 43.7 Å². The molecule has 2 rings (SSSR count). The molecule has 0 radical (unpaired) electrons. The Balaban J connectivity index is 2.26. The van der Waals surface area contributed by atoms with E-state index in [1.807, 2.05) is 0 Å². The van der Waals surface area contributed by atoms with Gasteiger partial charge in [0.1, 0.15) is 17.8 Å². The second-order valence-electron chi connectivity index (χ2n) is 4.62. The van der Waals surface area contributed by atoms with Crippen LogP contribution in [0.3, 0.4) is 0 Å². The normalized spacial score (nSPS) is 39.9. The lowest BCUT2D eigenvalue weighted by Crippen LogP contribution is -2.49. The molecule has 3 atom stereocenters. The van der Waals surface area contributed by atoms with Crippen molar-refractivity contribution in [1.29, 1.82) is 0 Å². The molecule has 0 bridgehead atoms. The monoisotopic (exact) mass is 234 g/mol. The number of hydrogen-bond acceptors (Lipinski definition) is 6. The Kier molecular flexibility index (Phi) is 2.98. The van der Waals surface area contributed by atoms with Crippen LogP contribution in [0.1, 0.15) is 13.8 Å². The lowest BCUT2D eigenvalue weighted by molar-refractivity contribution is -0.262. The first-order chi connectivity index (χ1) is 7.48. The Hall–Kier alpha value is -0.240. The molecule has 0 saturated carbocycles. The molecule has 0 aromatic carbocycles. The number of hydrogen-bond donors (Lipinski definition) is 2. The van der Waals surface area contributed by atoms with Crippen molar-refractivity contribution < 1.29 is 29.2 Å². The predicted octanol–water partition coefficient (Wildman–Crippen LogP) is -0.767. The molecule has 2 heterocycles. The summed E-state index contributed by atoms with van der Waals surface area (Å²) in [6.07, 6.45) is -1.59. The summed E-state index contributed by atoms with van der Waals surface area (Å²) in [5.41, 5.74) is -1.15. The molecule has 2 fully saturated rings. The maximum absolute atomic E-state index is 9.37. The van der Waals surface area contributed by atoms with Crippen LogP contribution in [0.5, 0.6) is 0 Å². The topological polar surface area (TPSA) is 77.4 Å². The smallest absolute Gasteiger partial charge is 0.187 e. The molecule has 6 heteroatoms. The van der Waals surface area contributed by atoms with Gasteiger partial charge in [0.25, 0.3) is 0 Å². The van der Waals surface area contributed by atoms with Gasteiger partial charge in [-0.05, 0) is 13.8 Å². The average molecular weight is 234 g/mol. The minimum absolute atomic E-state index is 0.343. The van der Waals surface area contributed by atoms with Crippen molar-refractivity contribution in [1.82, 2.24) is 0 Å². The molecular weight excluding hydrogens is 216 g/mol. The van der Waals surface area contributed by atoms with Crippen LogP contribution < -0.4 is 0 Å². The fourth-order valence-electron chi connectivity index (χ4n) is 2.25. The fourth-order valence-corrected chi connectivity index (χ4v) is 2.25. The van der Waals surface area contributed by atoms with Crippen LogP contribution >= 0.6 is 0 Å². The van der Waals surface area contributed by atoms with Crippen LogP contribution in [0.4, 0.5) is 0 Å². The van der Waals surface area contributed by atoms with E-state index in [9.17, 15) is 10.2 Å².